The van der Waals surface area contributed by atoms with Gasteiger partial charge in [0.2, 0.25) is 0 Å². The van der Waals surface area contributed by atoms with Crippen LogP contribution in [0.3, 0.4) is 0 Å². The summed E-state index contributed by atoms with van der Waals surface area (Å²) in [6.45, 7) is 0. The van der Waals surface area contributed by atoms with Gasteiger partial charge in [-0.25, -0.2) is 0 Å². The zero-order valence-corrected chi connectivity index (χ0v) is 7.57. The van der Waals surface area contributed by atoms with Crippen LogP contribution in [0.1, 0.15) is 5.56 Å². The van der Waals surface area contributed by atoms with Gasteiger partial charge in [0.05, 0.1) is 4.92 Å². The molecule has 0 saturated heterocycles. The number of alkyl halides is 1. The Balaban J connectivity index is 2.92. The second-order valence-corrected chi connectivity index (χ2v) is 2.72. The molecule has 0 atom stereocenters. The second kappa shape index (κ2) is 4.62. The van der Waals surface area contributed by atoms with E-state index in [1.54, 1.807) is 24.3 Å². The van der Waals surface area contributed by atoms with Crippen LogP contribution in [0.2, 0.25) is 0 Å². The standard InChI is InChI=1S/C9H8ClNO2/c10-6-2-4-8-3-1-5-9(7-8)11(12)13/h1-5,7H,6H2/b4-2-. The van der Waals surface area contributed by atoms with Gasteiger partial charge in [0.1, 0.15) is 0 Å². The van der Waals surface area contributed by atoms with Crippen LogP contribution in [0.15, 0.2) is 30.3 Å². The van der Waals surface area contributed by atoms with Gasteiger partial charge in [-0.2, -0.15) is 0 Å². The van der Waals surface area contributed by atoms with Crippen molar-refractivity contribution < 1.29 is 4.92 Å². The molecule has 0 radical (unpaired) electrons. The summed E-state index contributed by atoms with van der Waals surface area (Å²) >= 11 is 5.43. The smallest absolute Gasteiger partial charge is 0.258 e. The Morgan fingerprint density at radius 2 is 2.31 bits per heavy atom. The Bertz CT molecular complexity index is 336. The maximum atomic E-state index is 10.4. The predicted octanol–water partition coefficient (Wildman–Crippen LogP) is 2.85. The second-order valence-electron chi connectivity index (χ2n) is 2.41. The summed E-state index contributed by atoms with van der Waals surface area (Å²) in [6, 6.07) is 6.39. The summed E-state index contributed by atoms with van der Waals surface area (Å²) in [6.07, 6.45) is 3.49. The van der Waals surface area contributed by atoms with E-state index in [9.17, 15) is 10.1 Å². The average Bonchev–Trinajstić information content (AvgIpc) is 2.15. The van der Waals surface area contributed by atoms with Crippen LogP contribution in [-0.2, 0) is 0 Å². The highest BCUT2D eigenvalue weighted by molar-refractivity contribution is 6.19. The highest BCUT2D eigenvalue weighted by Gasteiger charge is 2.02. The summed E-state index contributed by atoms with van der Waals surface area (Å²) in [7, 11) is 0. The lowest BCUT2D eigenvalue weighted by atomic mass is 10.2. The van der Waals surface area contributed by atoms with Crippen LogP contribution in [0, 0.1) is 10.1 Å². The van der Waals surface area contributed by atoms with Crippen LogP contribution >= 0.6 is 11.6 Å². The molecule has 0 saturated carbocycles. The van der Waals surface area contributed by atoms with E-state index in [0.717, 1.165) is 5.56 Å². The molecule has 0 fully saturated rings. The van der Waals surface area contributed by atoms with Crippen molar-refractivity contribution in [2.45, 2.75) is 0 Å². The number of nitrogens with zero attached hydrogens (tertiary/aromatic N) is 1. The number of non-ortho nitro benzene ring substituents is 1. The van der Waals surface area contributed by atoms with Crippen molar-refractivity contribution >= 4 is 23.4 Å². The Kier molecular flexibility index (Phi) is 3.46. The molecule has 0 heterocycles. The molecule has 4 heteroatoms. The molecule has 3 nitrogen and oxygen atoms in total. The van der Waals surface area contributed by atoms with Gasteiger partial charge in [0.25, 0.3) is 5.69 Å². The van der Waals surface area contributed by atoms with Gasteiger partial charge in [-0.15, -0.1) is 11.6 Å². The number of halogens is 1. The van der Waals surface area contributed by atoms with Gasteiger partial charge in [-0.3, -0.25) is 10.1 Å². The minimum absolute atomic E-state index is 0.0942. The molecule has 0 bridgehead atoms. The van der Waals surface area contributed by atoms with Crippen LogP contribution in [0.4, 0.5) is 5.69 Å². The van der Waals surface area contributed by atoms with Crippen molar-refractivity contribution in [3.05, 3.63) is 46.0 Å². The fourth-order valence-corrected chi connectivity index (χ4v) is 1.01. The summed E-state index contributed by atoms with van der Waals surface area (Å²) in [4.78, 5) is 9.96. The number of nitro benzene ring substituents is 1. The van der Waals surface area contributed by atoms with Gasteiger partial charge < -0.3 is 0 Å². The number of rotatable bonds is 3. The lowest BCUT2D eigenvalue weighted by Crippen LogP contribution is -1.87. The van der Waals surface area contributed by atoms with E-state index in [2.05, 4.69) is 0 Å². The molecular weight excluding hydrogens is 190 g/mol. The minimum atomic E-state index is -0.419. The Hall–Kier alpha value is -1.35. The molecule has 0 N–H and O–H groups in total. The monoisotopic (exact) mass is 197 g/mol. The van der Waals surface area contributed by atoms with Gasteiger partial charge in [-0.05, 0) is 5.56 Å². The maximum Gasteiger partial charge on any atom is 0.270 e. The molecule has 0 amide bonds. The molecule has 0 spiro atoms. The summed E-state index contributed by atoms with van der Waals surface area (Å²) in [5.41, 5.74) is 0.881. The first-order valence-electron chi connectivity index (χ1n) is 3.71. The predicted molar refractivity (Wildman–Crippen MR) is 52.9 cm³/mol. The van der Waals surface area contributed by atoms with Gasteiger partial charge in [-0.1, -0.05) is 24.3 Å². The molecule has 1 aromatic rings. The number of hydrogen-bond acceptors (Lipinski definition) is 2. The van der Waals surface area contributed by atoms with Crippen molar-refractivity contribution in [2.24, 2.45) is 0 Å². The highest BCUT2D eigenvalue weighted by Crippen LogP contribution is 2.13. The largest absolute Gasteiger partial charge is 0.270 e. The Morgan fingerprint density at radius 1 is 1.54 bits per heavy atom. The lowest BCUT2D eigenvalue weighted by molar-refractivity contribution is -0.384. The molecule has 1 rings (SSSR count). The van der Waals surface area contributed by atoms with E-state index in [0.29, 0.717) is 5.88 Å². The first-order valence-corrected chi connectivity index (χ1v) is 4.24. The molecule has 68 valence electrons. The summed E-state index contributed by atoms with van der Waals surface area (Å²) in [5, 5.41) is 10.4. The Morgan fingerprint density at radius 3 is 2.92 bits per heavy atom. The number of hydrogen-bond donors (Lipinski definition) is 0. The molecule has 0 aliphatic heterocycles. The van der Waals surface area contributed by atoms with Crippen molar-refractivity contribution in [1.29, 1.82) is 0 Å². The summed E-state index contributed by atoms with van der Waals surface area (Å²) in [5.74, 6) is 0.405. The van der Waals surface area contributed by atoms with E-state index in [1.807, 2.05) is 0 Å². The Labute approximate surface area is 80.8 Å². The highest BCUT2D eigenvalue weighted by atomic mass is 35.5. The fraction of sp³-hybridized carbons (Fsp3) is 0.111. The van der Waals surface area contributed by atoms with E-state index >= 15 is 0 Å². The zero-order chi connectivity index (χ0) is 9.68. The first kappa shape index (κ1) is 9.74. The summed E-state index contributed by atoms with van der Waals surface area (Å²) < 4.78 is 0. The quantitative estimate of drug-likeness (QED) is 0.425. The van der Waals surface area contributed by atoms with Crippen molar-refractivity contribution in [1.82, 2.24) is 0 Å². The van der Waals surface area contributed by atoms with E-state index in [-0.39, 0.29) is 5.69 Å². The maximum absolute atomic E-state index is 10.4. The van der Waals surface area contributed by atoms with Crippen molar-refractivity contribution in [3.63, 3.8) is 0 Å². The van der Waals surface area contributed by atoms with Crippen LogP contribution < -0.4 is 0 Å². The third-order valence-electron chi connectivity index (χ3n) is 1.48. The fourth-order valence-electron chi connectivity index (χ4n) is 0.923. The van der Waals surface area contributed by atoms with Crippen LogP contribution in [-0.4, -0.2) is 10.8 Å². The molecular formula is C9H8ClNO2. The molecule has 0 aromatic heterocycles. The van der Waals surface area contributed by atoms with Gasteiger partial charge >= 0.3 is 0 Å². The van der Waals surface area contributed by atoms with Gasteiger partial charge in [0.15, 0.2) is 0 Å². The van der Waals surface area contributed by atoms with Crippen LogP contribution in [0.5, 0.6) is 0 Å². The number of benzene rings is 1. The lowest BCUT2D eigenvalue weighted by Gasteiger charge is -1.93. The third-order valence-corrected chi connectivity index (χ3v) is 1.66. The molecule has 0 unspecified atom stereocenters. The molecule has 0 aliphatic rings. The van der Waals surface area contributed by atoms with E-state index in [4.69, 9.17) is 11.6 Å². The average molecular weight is 198 g/mol. The topological polar surface area (TPSA) is 43.1 Å². The first-order chi connectivity index (χ1) is 6.24. The molecule has 0 aliphatic carbocycles. The van der Waals surface area contributed by atoms with E-state index in [1.165, 1.54) is 12.1 Å². The van der Waals surface area contributed by atoms with Crippen molar-refractivity contribution in [2.75, 3.05) is 5.88 Å². The van der Waals surface area contributed by atoms with Crippen LogP contribution in [0.25, 0.3) is 6.08 Å². The number of nitro groups is 1. The zero-order valence-electron chi connectivity index (χ0n) is 6.81. The number of allylic oxidation sites excluding steroid dienone is 1. The molecule has 1 aromatic carbocycles. The van der Waals surface area contributed by atoms with Crippen molar-refractivity contribution in [3.8, 4) is 0 Å². The normalized spacial score (nSPS) is 10.5. The van der Waals surface area contributed by atoms with Gasteiger partial charge in [0, 0.05) is 18.0 Å². The SMILES string of the molecule is O=[N+]([O-])c1cccc(/C=C\CCl)c1. The van der Waals surface area contributed by atoms with E-state index < -0.39 is 4.92 Å². The third kappa shape index (κ3) is 2.87. The minimum Gasteiger partial charge on any atom is -0.258 e. The molecule has 13 heavy (non-hydrogen) atoms.